The lowest BCUT2D eigenvalue weighted by atomic mass is 10.2. The summed E-state index contributed by atoms with van der Waals surface area (Å²) in [5.74, 6) is -0.455. The zero-order valence-electron chi connectivity index (χ0n) is 11.0. The van der Waals surface area contributed by atoms with Gasteiger partial charge in [-0.05, 0) is 19.1 Å². The third-order valence-corrected chi connectivity index (χ3v) is 4.59. The third kappa shape index (κ3) is 2.69. The third-order valence-electron chi connectivity index (χ3n) is 2.94. The summed E-state index contributed by atoms with van der Waals surface area (Å²) in [6.45, 7) is 1.85. The van der Waals surface area contributed by atoms with Crippen LogP contribution in [0.5, 0.6) is 0 Å². The fourth-order valence-corrected chi connectivity index (χ4v) is 3.19. The second-order valence-electron chi connectivity index (χ2n) is 4.43. The summed E-state index contributed by atoms with van der Waals surface area (Å²) in [5.41, 5.74) is 0.717. The Hall–Kier alpha value is -2.22. The average Bonchev–Trinajstić information content (AvgIpc) is 2.71. The first-order chi connectivity index (χ1) is 9.31. The summed E-state index contributed by atoms with van der Waals surface area (Å²) >= 11 is 0. The van der Waals surface area contributed by atoms with E-state index in [4.69, 9.17) is 0 Å². The highest BCUT2D eigenvalue weighted by molar-refractivity contribution is 7.90. The molecule has 0 aliphatic carbocycles. The molecule has 0 amide bonds. The molecule has 0 aliphatic heterocycles. The Bertz CT molecular complexity index is 748. The normalized spacial score (nSPS) is 11.5. The van der Waals surface area contributed by atoms with Crippen molar-refractivity contribution >= 4 is 15.5 Å². The quantitative estimate of drug-likeness (QED) is 0.630. The van der Waals surface area contributed by atoms with Crippen molar-refractivity contribution in [1.82, 2.24) is 9.78 Å². The van der Waals surface area contributed by atoms with Crippen molar-refractivity contribution in [1.29, 1.82) is 0 Å². The molecular weight excluding hydrogens is 282 g/mol. The second-order valence-corrected chi connectivity index (χ2v) is 6.42. The van der Waals surface area contributed by atoms with E-state index in [0.717, 1.165) is 11.8 Å². The molecule has 0 N–H and O–H groups in total. The van der Waals surface area contributed by atoms with Crippen molar-refractivity contribution in [2.45, 2.75) is 17.6 Å². The molecule has 2 aromatic rings. The van der Waals surface area contributed by atoms with Gasteiger partial charge < -0.3 is 0 Å². The maximum absolute atomic E-state index is 12.3. The molecule has 0 saturated heterocycles. The van der Waals surface area contributed by atoms with E-state index in [1.54, 1.807) is 12.1 Å². The van der Waals surface area contributed by atoms with Crippen LogP contribution < -0.4 is 0 Å². The van der Waals surface area contributed by atoms with Gasteiger partial charge >= 0.3 is 5.69 Å². The minimum Gasteiger partial charge on any atom is -0.264 e. The smallest absolute Gasteiger partial charge is 0.264 e. The van der Waals surface area contributed by atoms with Gasteiger partial charge in [0.05, 0.1) is 9.82 Å². The average molecular weight is 295 g/mol. The molecule has 20 heavy (non-hydrogen) atoms. The number of aromatic nitrogens is 2. The molecule has 0 bridgehead atoms. The molecule has 0 saturated carbocycles. The first kappa shape index (κ1) is 14.2. The van der Waals surface area contributed by atoms with Gasteiger partial charge in [-0.3, -0.25) is 14.8 Å². The van der Waals surface area contributed by atoms with Crippen LogP contribution in [0.1, 0.15) is 11.3 Å². The van der Waals surface area contributed by atoms with Crippen molar-refractivity contribution < 1.29 is 13.3 Å². The Balaban J connectivity index is 2.41. The van der Waals surface area contributed by atoms with Crippen LogP contribution >= 0.6 is 0 Å². The minimum absolute atomic E-state index is 0.0653. The summed E-state index contributed by atoms with van der Waals surface area (Å²) in [4.78, 5) is 10.4. The predicted octanol–water partition coefficient (Wildman–Crippen LogP) is 1.61. The van der Waals surface area contributed by atoms with Crippen molar-refractivity contribution in [2.24, 2.45) is 7.05 Å². The highest BCUT2D eigenvalue weighted by atomic mass is 32.2. The van der Waals surface area contributed by atoms with Gasteiger partial charge in [0.25, 0.3) is 0 Å². The fraction of sp³-hybridized carbons (Fsp3) is 0.250. The van der Waals surface area contributed by atoms with Crippen LogP contribution in [0.4, 0.5) is 5.69 Å². The van der Waals surface area contributed by atoms with Gasteiger partial charge in [0.2, 0.25) is 0 Å². The Labute approximate surface area is 115 Å². The monoisotopic (exact) mass is 295 g/mol. The van der Waals surface area contributed by atoms with Gasteiger partial charge in [-0.15, -0.1) is 0 Å². The van der Waals surface area contributed by atoms with Gasteiger partial charge in [-0.2, -0.15) is 5.10 Å². The zero-order valence-corrected chi connectivity index (χ0v) is 11.8. The van der Waals surface area contributed by atoms with E-state index < -0.39 is 20.5 Å². The van der Waals surface area contributed by atoms with Gasteiger partial charge in [-0.25, -0.2) is 8.42 Å². The maximum atomic E-state index is 12.3. The van der Waals surface area contributed by atoms with Crippen LogP contribution in [0.25, 0.3) is 0 Å². The van der Waals surface area contributed by atoms with Crippen molar-refractivity contribution in [3.8, 4) is 0 Å². The number of sulfone groups is 1. The zero-order chi connectivity index (χ0) is 14.9. The molecule has 1 aromatic carbocycles. The largest absolute Gasteiger partial charge is 0.311 e. The minimum atomic E-state index is -3.64. The van der Waals surface area contributed by atoms with Crippen molar-refractivity contribution in [3.05, 3.63) is 51.8 Å². The molecule has 1 heterocycles. The lowest BCUT2D eigenvalue weighted by molar-refractivity contribution is -0.385. The standard InChI is InChI=1S/C12H13N3O4S/c1-9-3-5-10(6-4-9)20(18,19)8-12-11(15(16)17)7-13-14(12)2/h3-7H,8H2,1-2H3. The number of hydrogen-bond acceptors (Lipinski definition) is 5. The van der Waals surface area contributed by atoms with E-state index in [9.17, 15) is 18.5 Å². The number of nitro groups is 1. The molecule has 0 radical (unpaired) electrons. The summed E-state index contributed by atoms with van der Waals surface area (Å²) in [7, 11) is -2.16. The van der Waals surface area contributed by atoms with E-state index >= 15 is 0 Å². The maximum Gasteiger partial charge on any atom is 0.311 e. The second kappa shape index (κ2) is 5.04. The first-order valence-corrected chi connectivity index (χ1v) is 7.41. The number of rotatable bonds is 4. The van der Waals surface area contributed by atoms with Gasteiger partial charge in [0.15, 0.2) is 9.84 Å². The molecule has 7 nitrogen and oxygen atoms in total. The van der Waals surface area contributed by atoms with Gasteiger partial charge in [0.1, 0.15) is 17.6 Å². The van der Waals surface area contributed by atoms with Crippen LogP contribution in [0, 0.1) is 17.0 Å². The molecule has 0 spiro atoms. The highest BCUT2D eigenvalue weighted by Gasteiger charge is 2.25. The van der Waals surface area contributed by atoms with E-state index in [0.29, 0.717) is 0 Å². The Morgan fingerprint density at radius 2 is 1.90 bits per heavy atom. The molecule has 2 rings (SSSR count). The van der Waals surface area contributed by atoms with Crippen LogP contribution in [0.15, 0.2) is 35.4 Å². The molecule has 0 fully saturated rings. The number of hydrogen-bond donors (Lipinski definition) is 0. The molecule has 1 aromatic heterocycles. The van der Waals surface area contributed by atoms with Crippen molar-refractivity contribution in [2.75, 3.05) is 0 Å². The van der Waals surface area contributed by atoms with Gasteiger partial charge in [-0.1, -0.05) is 17.7 Å². The number of benzene rings is 1. The first-order valence-electron chi connectivity index (χ1n) is 5.76. The highest BCUT2D eigenvalue weighted by Crippen LogP contribution is 2.23. The molecular formula is C12H13N3O4S. The van der Waals surface area contributed by atoms with E-state index in [1.807, 2.05) is 6.92 Å². The molecule has 106 valence electrons. The Morgan fingerprint density at radius 1 is 1.30 bits per heavy atom. The number of nitrogens with zero attached hydrogens (tertiary/aromatic N) is 3. The summed E-state index contributed by atoms with van der Waals surface area (Å²) in [5, 5.41) is 14.6. The topological polar surface area (TPSA) is 95.1 Å². The molecule has 0 atom stereocenters. The summed E-state index contributed by atoms with van der Waals surface area (Å²) in [6, 6.07) is 6.36. The van der Waals surface area contributed by atoms with Crippen LogP contribution in [-0.2, 0) is 22.6 Å². The molecule has 0 aliphatic rings. The lowest BCUT2D eigenvalue weighted by Gasteiger charge is -2.05. The SMILES string of the molecule is Cc1ccc(S(=O)(=O)Cc2c([N+](=O)[O-])cnn2C)cc1. The lowest BCUT2D eigenvalue weighted by Crippen LogP contribution is -2.10. The van der Waals surface area contributed by atoms with Crippen molar-refractivity contribution in [3.63, 3.8) is 0 Å². The predicted molar refractivity (Wildman–Crippen MR) is 71.9 cm³/mol. The summed E-state index contributed by atoms with van der Waals surface area (Å²) in [6.07, 6.45) is 1.06. The summed E-state index contributed by atoms with van der Waals surface area (Å²) < 4.78 is 25.8. The van der Waals surface area contributed by atoms with Crippen LogP contribution in [0.2, 0.25) is 0 Å². The van der Waals surface area contributed by atoms with Gasteiger partial charge in [0, 0.05) is 7.05 Å². The van der Waals surface area contributed by atoms with Crippen LogP contribution in [-0.4, -0.2) is 23.1 Å². The fourth-order valence-electron chi connectivity index (χ4n) is 1.78. The molecule has 8 heteroatoms. The van der Waals surface area contributed by atoms with E-state index in [1.165, 1.54) is 23.9 Å². The molecule has 0 unspecified atom stereocenters. The van der Waals surface area contributed by atoms with Crippen LogP contribution in [0.3, 0.4) is 0 Å². The van der Waals surface area contributed by atoms with E-state index in [2.05, 4.69) is 5.10 Å². The Kier molecular flexibility index (Phi) is 3.58. The Morgan fingerprint density at radius 3 is 2.45 bits per heavy atom. The van der Waals surface area contributed by atoms with E-state index in [-0.39, 0.29) is 16.3 Å². The number of aryl methyl sites for hydroxylation is 2.